The second-order valence-electron chi connectivity index (χ2n) is 3.75. The summed E-state index contributed by atoms with van der Waals surface area (Å²) in [5.74, 6) is 0.457. The lowest BCUT2D eigenvalue weighted by molar-refractivity contribution is 1.42. The maximum absolute atomic E-state index is 5.70. The van der Waals surface area contributed by atoms with E-state index >= 15 is 0 Å². The SMILES string of the molecule is Cc1ccc2c3c(cccc13)NC(N)=N2. The molecular weight excluding hydrogens is 186 g/mol. The molecule has 0 spiro atoms. The van der Waals surface area contributed by atoms with Crippen molar-refractivity contribution in [2.24, 2.45) is 10.7 Å². The summed E-state index contributed by atoms with van der Waals surface area (Å²) in [6, 6.07) is 10.2. The number of hydrogen-bond acceptors (Lipinski definition) is 3. The number of guanidine groups is 1. The predicted molar refractivity (Wildman–Crippen MR) is 63.6 cm³/mol. The zero-order valence-corrected chi connectivity index (χ0v) is 8.41. The van der Waals surface area contributed by atoms with Crippen LogP contribution in [-0.4, -0.2) is 5.96 Å². The molecule has 15 heavy (non-hydrogen) atoms. The molecule has 3 rings (SSSR count). The summed E-state index contributed by atoms with van der Waals surface area (Å²) >= 11 is 0. The Morgan fingerprint density at radius 3 is 2.93 bits per heavy atom. The standard InChI is InChI=1S/C12H11N3/c1-7-5-6-10-11-8(7)3-2-4-9(11)14-12(13)15-10/h2-6H,1H3,(H3,13,14,15). The van der Waals surface area contributed by atoms with E-state index in [-0.39, 0.29) is 0 Å². The number of nitrogens with one attached hydrogen (secondary N) is 1. The van der Waals surface area contributed by atoms with Crippen molar-refractivity contribution in [1.82, 2.24) is 0 Å². The molecule has 0 aromatic heterocycles. The lowest BCUT2D eigenvalue weighted by Gasteiger charge is -2.17. The Labute approximate surface area is 87.6 Å². The van der Waals surface area contributed by atoms with Gasteiger partial charge in [-0.25, -0.2) is 4.99 Å². The molecule has 0 atom stereocenters. The van der Waals surface area contributed by atoms with Gasteiger partial charge in [-0.3, -0.25) is 0 Å². The lowest BCUT2D eigenvalue weighted by atomic mass is 10.0. The van der Waals surface area contributed by atoms with Crippen molar-refractivity contribution in [3.8, 4) is 0 Å². The Bertz CT molecular complexity index is 585. The van der Waals surface area contributed by atoms with Crippen LogP contribution in [-0.2, 0) is 0 Å². The summed E-state index contributed by atoms with van der Waals surface area (Å²) in [6.07, 6.45) is 0. The van der Waals surface area contributed by atoms with Crippen molar-refractivity contribution >= 4 is 28.1 Å². The van der Waals surface area contributed by atoms with Gasteiger partial charge in [-0.15, -0.1) is 0 Å². The topological polar surface area (TPSA) is 50.4 Å². The van der Waals surface area contributed by atoms with Gasteiger partial charge < -0.3 is 11.1 Å². The van der Waals surface area contributed by atoms with E-state index in [0.717, 1.165) is 16.8 Å². The Morgan fingerprint density at radius 2 is 2.07 bits per heavy atom. The van der Waals surface area contributed by atoms with Crippen LogP contribution in [0.1, 0.15) is 5.56 Å². The van der Waals surface area contributed by atoms with Crippen LogP contribution in [0.4, 0.5) is 11.4 Å². The molecular formula is C12H11N3. The number of nitrogens with zero attached hydrogens (tertiary/aromatic N) is 1. The fraction of sp³-hybridized carbons (Fsp3) is 0.0833. The average molecular weight is 197 g/mol. The third-order valence-electron chi connectivity index (χ3n) is 2.74. The normalized spacial score (nSPS) is 13.5. The molecule has 0 amide bonds. The van der Waals surface area contributed by atoms with Gasteiger partial charge in [-0.05, 0) is 30.0 Å². The Morgan fingerprint density at radius 1 is 1.20 bits per heavy atom. The minimum atomic E-state index is 0.457. The van der Waals surface area contributed by atoms with Crippen LogP contribution >= 0.6 is 0 Å². The van der Waals surface area contributed by atoms with Gasteiger partial charge in [-0.1, -0.05) is 18.2 Å². The number of nitrogens with two attached hydrogens (primary N) is 1. The fourth-order valence-corrected chi connectivity index (χ4v) is 2.03. The van der Waals surface area contributed by atoms with Gasteiger partial charge in [-0.2, -0.15) is 0 Å². The molecule has 0 unspecified atom stereocenters. The zero-order chi connectivity index (χ0) is 10.4. The van der Waals surface area contributed by atoms with Gasteiger partial charge >= 0.3 is 0 Å². The second kappa shape index (κ2) is 2.73. The predicted octanol–water partition coefficient (Wildman–Crippen LogP) is 2.52. The molecule has 0 saturated heterocycles. The third kappa shape index (κ3) is 1.09. The molecule has 0 radical (unpaired) electrons. The Kier molecular flexibility index (Phi) is 1.51. The van der Waals surface area contributed by atoms with Crippen molar-refractivity contribution in [3.63, 3.8) is 0 Å². The number of hydrogen-bond donors (Lipinski definition) is 2. The van der Waals surface area contributed by atoms with Crippen molar-refractivity contribution in [1.29, 1.82) is 0 Å². The molecule has 0 fully saturated rings. The van der Waals surface area contributed by atoms with E-state index in [4.69, 9.17) is 5.73 Å². The third-order valence-corrected chi connectivity index (χ3v) is 2.74. The smallest absolute Gasteiger partial charge is 0.198 e. The molecule has 0 bridgehead atoms. The molecule has 3 N–H and O–H groups in total. The first-order valence-electron chi connectivity index (χ1n) is 4.89. The number of aryl methyl sites for hydroxylation is 1. The van der Waals surface area contributed by atoms with Gasteiger partial charge in [0.25, 0.3) is 0 Å². The van der Waals surface area contributed by atoms with Gasteiger partial charge in [0.15, 0.2) is 5.96 Å². The minimum Gasteiger partial charge on any atom is -0.369 e. The number of rotatable bonds is 0. The molecule has 74 valence electrons. The molecule has 3 heteroatoms. The van der Waals surface area contributed by atoms with E-state index < -0.39 is 0 Å². The monoisotopic (exact) mass is 197 g/mol. The van der Waals surface area contributed by atoms with Crippen molar-refractivity contribution < 1.29 is 0 Å². The summed E-state index contributed by atoms with van der Waals surface area (Å²) in [4.78, 5) is 4.29. The van der Waals surface area contributed by atoms with Gasteiger partial charge in [0, 0.05) is 5.39 Å². The molecule has 0 saturated carbocycles. The lowest BCUT2D eigenvalue weighted by Crippen LogP contribution is -2.23. The van der Waals surface area contributed by atoms with Crippen LogP contribution in [0.25, 0.3) is 10.8 Å². The first-order valence-corrected chi connectivity index (χ1v) is 4.89. The molecule has 1 aliphatic rings. The minimum absolute atomic E-state index is 0.457. The van der Waals surface area contributed by atoms with Gasteiger partial charge in [0.05, 0.1) is 11.4 Å². The Balaban J connectivity index is 2.51. The van der Waals surface area contributed by atoms with Crippen LogP contribution in [0.15, 0.2) is 35.3 Å². The summed E-state index contributed by atoms with van der Waals surface area (Å²) < 4.78 is 0. The van der Waals surface area contributed by atoms with Gasteiger partial charge in [0.2, 0.25) is 0 Å². The van der Waals surface area contributed by atoms with Crippen molar-refractivity contribution in [2.75, 3.05) is 5.32 Å². The highest BCUT2D eigenvalue weighted by atomic mass is 15.1. The highest BCUT2D eigenvalue weighted by Crippen LogP contribution is 2.36. The van der Waals surface area contributed by atoms with Crippen LogP contribution in [0.2, 0.25) is 0 Å². The molecule has 1 heterocycles. The molecule has 2 aromatic carbocycles. The first-order chi connectivity index (χ1) is 7.25. The maximum Gasteiger partial charge on any atom is 0.198 e. The highest BCUT2D eigenvalue weighted by Gasteiger charge is 2.12. The van der Waals surface area contributed by atoms with E-state index in [1.807, 2.05) is 18.2 Å². The first kappa shape index (κ1) is 8.29. The van der Waals surface area contributed by atoms with E-state index in [1.54, 1.807) is 0 Å². The molecule has 3 nitrogen and oxygen atoms in total. The van der Waals surface area contributed by atoms with Crippen LogP contribution in [0.3, 0.4) is 0 Å². The van der Waals surface area contributed by atoms with Crippen LogP contribution in [0.5, 0.6) is 0 Å². The van der Waals surface area contributed by atoms with E-state index in [9.17, 15) is 0 Å². The van der Waals surface area contributed by atoms with E-state index in [0.29, 0.717) is 5.96 Å². The average Bonchev–Trinajstić information content (AvgIpc) is 2.23. The van der Waals surface area contributed by atoms with E-state index in [2.05, 4.69) is 29.4 Å². The van der Waals surface area contributed by atoms with Crippen molar-refractivity contribution in [3.05, 3.63) is 35.9 Å². The summed E-state index contributed by atoms with van der Waals surface area (Å²) in [6.45, 7) is 2.10. The van der Waals surface area contributed by atoms with Gasteiger partial charge in [0.1, 0.15) is 0 Å². The summed E-state index contributed by atoms with van der Waals surface area (Å²) in [5.41, 5.74) is 8.95. The zero-order valence-electron chi connectivity index (χ0n) is 8.41. The van der Waals surface area contributed by atoms with Crippen LogP contribution < -0.4 is 11.1 Å². The highest BCUT2D eigenvalue weighted by molar-refractivity contribution is 6.13. The summed E-state index contributed by atoms with van der Waals surface area (Å²) in [5, 5.41) is 5.47. The van der Waals surface area contributed by atoms with Crippen molar-refractivity contribution in [2.45, 2.75) is 6.92 Å². The second-order valence-corrected chi connectivity index (χ2v) is 3.75. The maximum atomic E-state index is 5.70. The fourth-order valence-electron chi connectivity index (χ4n) is 2.03. The van der Waals surface area contributed by atoms with E-state index in [1.165, 1.54) is 10.9 Å². The molecule has 2 aromatic rings. The number of anilines is 1. The number of benzene rings is 2. The number of aliphatic imine (C=N–C) groups is 1. The quantitative estimate of drug-likeness (QED) is 0.681. The van der Waals surface area contributed by atoms with Crippen LogP contribution in [0, 0.1) is 6.92 Å². The molecule has 0 aliphatic carbocycles. The Hall–Kier alpha value is -2.03. The largest absolute Gasteiger partial charge is 0.369 e. The molecule has 1 aliphatic heterocycles. The summed E-state index contributed by atoms with van der Waals surface area (Å²) in [7, 11) is 0.